The van der Waals surface area contributed by atoms with Gasteiger partial charge in [0.25, 0.3) is 17.0 Å². The fourth-order valence-electron chi connectivity index (χ4n) is 14.6. The third kappa shape index (κ3) is 20.9. The standard InChI is InChI=1S/C74H97Cl2N12O21PS/c1-44(2)63(83-56(89)15-20-101-22-24-103-26-28-105-30-31-106-29-27-104-25-23-102-21-19-86-57(90)13-14-58(86)91)67(93)82-51(8-7-16-78-70(77)96)66(92)81-50-11-9-47(10-12-50)40-107-71(97)84(5)17-18-85(6)72(111)108-54-32-52-61(59-45(3)36-79-64(54)59)48(34-75)38-87(52)68(94)73-41-74(42-73,43-73)69(95)88-39-49(35-76)62-53(88)33-55(109-110(98,99)100)65-60(62)46(4)37-80-65/h9-14,32-33,36-37,44,48-49,51,63,79-80H,7-8,15-31,34-35,38-43H2,1-6H3,(H,81,92)(H,82,93)(H,83,89)(H3,77,78,96)(H2,98,99,100)/t48-,49-,51+,63+,73?,74?/m1/s1. The lowest BCUT2D eigenvalue weighted by molar-refractivity contribution is -0.205. The van der Waals surface area contributed by atoms with E-state index in [1.807, 2.05) is 20.0 Å². The fraction of sp³-hybridized carbons (Fsp3) is 0.541. The highest BCUT2D eigenvalue weighted by Crippen LogP contribution is 2.75. The molecule has 0 unspecified atom stereocenters. The number of aryl methyl sites for hydroxylation is 2. The first-order valence-electron chi connectivity index (χ1n) is 36.7. The highest BCUT2D eigenvalue weighted by Gasteiger charge is 2.76. The molecular weight excluding hydrogens is 1530 g/mol. The molecule has 0 saturated heterocycles. The van der Waals surface area contributed by atoms with Crippen molar-refractivity contribution in [2.75, 3.05) is 160 Å². The van der Waals surface area contributed by atoms with Crippen LogP contribution in [0.3, 0.4) is 0 Å². The first kappa shape index (κ1) is 84.9. The molecule has 33 nitrogen and oxygen atoms in total. The number of rotatable bonds is 43. The maximum absolute atomic E-state index is 15.0. The second kappa shape index (κ2) is 38.3. The van der Waals surface area contributed by atoms with E-state index in [-0.39, 0.29) is 149 Å². The van der Waals surface area contributed by atoms with Crippen molar-refractivity contribution in [2.24, 2.45) is 22.5 Å². The Hall–Kier alpha value is -8.51. The molecule has 3 fully saturated rings. The molecule has 10 N–H and O–H groups in total. The molecule has 5 aromatic rings. The number of likely N-dealkylation sites (N-methyl/N-ethyl adjacent to an activating group) is 2. The van der Waals surface area contributed by atoms with E-state index in [9.17, 15) is 52.7 Å². The molecule has 2 aromatic heterocycles. The van der Waals surface area contributed by atoms with E-state index in [0.29, 0.717) is 123 Å². The number of hydrogen-bond acceptors (Lipinski definition) is 20. The van der Waals surface area contributed by atoms with Gasteiger partial charge in [-0.05, 0) is 104 Å². The first-order chi connectivity index (χ1) is 53.1. The van der Waals surface area contributed by atoms with Crippen LogP contribution >= 0.6 is 43.2 Å². The quantitative estimate of drug-likeness (QED) is 0.00685. The Kier molecular flexibility index (Phi) is 29.3. The van der Waals surface area contributed by atoms with Gasteiger partial charge in [0.2, 0.25) is 29.5 Å². The van der Waals surface area contributed by atoms with Gasteiger partial charge in [-0.3, -0.25) is 48.2 Å². The summed E-state index contributed by atoms with van der Waals surface area (Å²) in [7, 11) is -1.70. The molecule has 2 bridgehead atoms. The number of aromatic amines is 2. The van der Waals surface area contributed by atoms with Crippen LogP contribution in [0.15, 0.2) is 60.9 Å². The number of alkyl halides is 2. The minimum absolute atomic E-state index is 0.0525. The summed E-state index contributed by atoms with van der Waals surface area (Å²) in [6.07, 6.45) is 6.62. The van der Waals surface area contributed by atoms with Crippen LogP contribution in [0.4, 0.5) is 26.7 Å². The van der Waals surface area contributed by atoms with E-state index in [4.69, 9.17) is 83.6 Å². The summed E-state index contributed by atoms with van der Waals surface area (Å²) in [5.74, 6) is -2.82. The molecule has 0 spiro atoms. The van der Waals surface area contributed by atoms with Crippen molar-refractivity contribution in [1.82, 2.24) is 40.6 Å². The van der Waals surface area contributed by atoms with Crippen LogP contribution in [0.5, 0.6) is 11.5 Å². The zero-order valence-electron chi connectivity index (χ0n) is 62.8. The second-order valence-electron chi connectivity index (χ2n) is 28.6. The number of nitrogens with one attached hydrogen (secondary N) is 6. The van der Waals surface area contributed by atoms with E-state index >= 15 is 4.79 Å². The van der Waals surface area contributed by atoms with Crippen molar-refractivity contribution >= 4 is 141 Å². The minimum Gasteiger partial charge on any atom is -0.445 e. The zero-order valence-corrected chi connectivity index (χ0v) is 66.1. The molecule has 10 amide bonds. The molecule has 3 aliphatic carbocycles. The molecule has 0 radical (unpaired) electrons. The lowest BCUT2D eigenvalue weighted by atomic mass is 9.34. The molecule has 3 aromatic carbocycles. The summed E-state index contributed by atoms with van der Waals surface area (Å²) in [5, 5.41) is 12.4. The normalized spacial score (nSPS) is 18.7. The predicted molar refractivity (Wildman–Crippen MR) is 414 cm³/mol. The number of anilines is 3. The Morgan fingerprint density at radius 3 is 1.68 bits per heavy atom. The Morgan fingerprint density at radius 1 is 0.694 bits per heavy atom. The number of carbonyl (C=O) groups is 9. The summed E-state index contributed by atoms with van der Waals surface area (Å²) in [6.45, 7) is 11.9. The number of thiocarbonyl (C=S) groups is 1. The smallest absolute Gasteiger partial charge is 0.445 e. The van der Waals surface area contributed by atoms with Gasteiger partial charge in [0.05, 0.1) is 119 Å². The number of phosphoric acid groups is 1. The molecule has 4 atom stereocenters. The van der Waals surface area contributed by atoms with Gasteiger partial charge in [-0.1, -0.05) is 26.0 Å². The molecule has 5 heterocycles. The van der Waals surface area contributed by atoms with Crippen LogP contribution < -0.4 is 46.1 Å². The number of amides is 10. The van der Waals surface area contributed by atoms with Gasteiger partial charge in [0.1, 0.15) is 18.7 Å². The van der Waals surface area contributed by atoms with Gasteiger partial charge in [-0.15, -0.1) is 23.2 Å². The third-order valence-corrected chi connectivity index (χ3v) is 21.8. The summed E-state index contributed by atoms with van der Waals surface area (Å²) in [6, 6.07) is 6.95. The van der Waals surface area contributed by atoms with Crippen LogP contribution in [0.1, 0.15) is 92.0 Å². The van der Waals surface area contributed by atoms with Crippen LogP contribution in [-0.2, 0) is 77.9 Å². The Balaban J connectivity index is 0.631. The van der Waals surface area contributed by atoms with Crippen LogP contribution in [0.25, 0.3) is 21.8 Å². The average Bonchev–Trinajstić information content (AvgIpc) is 1.58. The highest BCUT2D eigenvalue weighted by atomic mass is 35.5. The van der Waals surface area contributed by atoms with E-state index < -0.39 is 60.6 Å². The highest BCUT2D eigenvalue weighted by molar-refractivity contribution is 7.80. The molecule has 604 valence electrons. The van der Waals surface area contributed by atoms with Crippen LogP contribution in [0.2, 0.25) is 0 Å². The summed E-state index contributed by atoms with van der Waals surface area (Å²) in [4.78, 5) is 152. The van der Waals surface area contributed by atoms with Gasteiger partial charge in [0, 0.05) is 130 Å². The van der Waals surface area contributed by atoms with Crippen LogP contribution in [0, 0.1) is 30.6 Å². The number of benzene rings is 3. The third-order valence-electron chi connectivity index (χ3n) is 20.2. The maximum atomic E-state index is 15.0. The summed E-state index contributed by atoms with van der Waals surface area (Å²) in [5.41, 5.74) is 10.1. The van der Waals surface area contributed by atoms with E-state index in [1.54, 1.807) is 79.2 Å². The fourth-order valence-corrected chi connectivity index (χ4v) is 15.7. The van der Waals surface area contributed by atoms with Crippen molar-refractivity contribution < 1.29 is 99.9 Å². The number of ether oxygens (including phenoxy) is 8. The Labute approximate surface area is 657 Å². The molecule has 6 aliphatic rings. The number of nitrogens with two attached hydrogens (primary N) is 1. The topological polar surface area (TPSA) is 416 Å². The maximum Gasteiger partial charge on any atom is 0.524 e. The molecular formula is C74H97Cl2N12O21PS. The van der Waals surface area contributed by atoms with E-state index in [1.165, 1.54) is 23.1 Å². The molecule has 3 aliphatic heterocycles. The molecule has 111 heavy (non-hydrogen) atoms. The Morgan fingerprint density at radius 2 is 1.18 bits per heavy atom. The molecule has 3 saturated carbocycles. The zero-order chi connectivity index (χ0) is 79.9. The van der Waals surface area contributed by atoms with Crippen molar-refractivity contribution in [3.8, 4) is 11.5 Å². The molecule has 37 heteroatoms. The number of H-pyrrole nitrogens is 2. The number of hydrogen-bond donors (Lipinski definition) is 9. The molecule has 11 rings (SSSR count). The van der Waals surface area contributed by atoms with E-state index in [0.717, 1.165) is 32.5 Å². The number of nitrogens with zero attached hydrogens (tertiary/aromatic N) is 5. The first-order valence-corrected chi connectivity index (χ1v) is 39.7. The number of fused-ring (bicyclic) bond motifs is 6. The van der Waals surface area contributed by atoms with Crippen molar-refractivity contribution in [3.05, 3.63) is 88.8 Å². The number of aromatic nitrogens is 2. The van der Waals surface area contributed by atoms with Gasteiger partial charge < -0.3 is 99.0 Å². The van der Waals surface area contributed by atoms with Gasteiger partial charge in [0.15, 0.2) is 11.5 Å². The number of carbonyl (C=O) groups excluding carboxylic acids is 9. The van der Waals surface area contributed by atoms with Crippen LogP contribution in [-0.4, -0.2) is 250 Å². The summed E-state index contributed by atoms with van der Waals surface area (Å²) >= 11 is 19.1. The number of primary amides is 1. The number of imide groups is 1. The number of halogens is 2. The largest absolute Gasteiger partial charge is 0.524 e. The SMILES string of the molecule is Cc1c[nH]c2c(OC(=S)N(C)CCN(C)C(=O)OCc3ccc(NC(=O)[C@H](CCCNC(N)=O)NC(=O)[C@@H](NC(=O)CCOCCOCCOCCOCCOCCOCCN4C(=O)C=CC4=O)C(C)C)cc3)cc3c(c12)[C@H](CCl)CN3C(=O)C12CC(C(=O)N3C[C@@H](CCl)c4c3cc(OP(=O)(O)O)c3[nH]cc(C)c43)(C1)C2. The average molecular weight is 1620 g/mol. The Bertz CT molecular complexity index is 4290. The van der Waals surface area contributed by atoms with Gasteiger partial charge in [-0.25, -0.2) is 14.2 Å². The van der Waals surface area contributed by atoms with Crippen molar-refractivity contribution in [1.29, 1.82) is 0 Å². The lowest BCUT2D eigenvalue weighted by Gasteiger charge is -2.69. The number of phosphoric ester groups is 1. The van der Waals surface area contributed by atoms with Gasteiger partial charge in [-0.2, -0.15) is 0 Å². The number of urea groups is 1. The summed E-state index contributed by atoms with van der Waals surface area (Å²) < 4.78 is 62.3. The van der Waals surface area contributed by atoms with Crippen molar-refractivity contribution in [2.45, 2.75) is 96.7 Å². The second-order valence-corrected chi connectivity index (χ2v) is 30.7. The lowest BCUT2D eigenvalue weighted by Crippen LogP contribution is -2.73. The predicted octanol–water partition coefficient (Wildman–Crippen LogP) is 6.24. The monoisotopic (exact) mass is 1620 g/mol. The van der Waals surface area contributed by atoms with Crippen molar-refractivity contribution in [3.63, 3.8) is 0 Å². The van der Waals surface area contributed by atoms with Gasteiger partial charge >= 0.3 is 19.9 Å². The minimum atomic E-state index is -4.99. The van der Waals surface area contributed by atoms with E-state index in [2.05, 4.69) is 31.2 Å².